The highest BCUT2D eigenvalue weighted by molar-refractivity contribution is 7.16. The summed E-state index contributed by atoms with van der Waals surface area (Å²) in [6.07, 6.45) is 2.35. The molecule has 0 amide bonds. The Morgan fingerprint density at radius 2 is 2.12 bits per heavy atom. The predicted molar refractivity (Wildman–Crippen MR) is 74.4 cm³/mol. The number of anilines is 2. The van der Waals surface area contributed by atoms with E-state index in [4.69, 9.17) is 5.73 Å². The van der Waals surface area contributed by atoms with Gasteiger partial charge in [0.15, 0.2) is 0 Å². The smallest absolute Gasteiger partial charge is 0.223 e. The number of thiophene rings is 1. The van der Waals surface area contributed by atoms with Crippen molar-refractivity contribution >= 4 is 33.3 Å². The Labute approximate surface area is 105 Å². The standard InChI is InChI=1S/C12H18N4S/c1-3-8(4-2)7-14-10-9-5-6-17-11(9)16-12(13)15-10/h5-6,8H,3-4,7H2,1-2H3,(H3,13,14,15,16). The lowest BCUT2D eigenvalue weighted by molar-refractivity contribution is 0.518. The minimum Gasteiger partial charge on any atom is -0.369 e. The van der Waals surface area contributed by atoms with Gasteiger partial charge in [-0.05, 0) is 17.4 Å². The topological polar surface area (TPSA) is 63.8 Å². The van der Waals surface area contributed by atoms with Gasteiger partial charge in [0.2, 0.25) is 5.95 Å². The van der Waals surface area contributed by atoms with Crippen molar-refractivity contribution in [3.05, 3.63) is 11.4 Å². The number of nitrogens with zero attached hydrogens (tertiary/aromatic N) is 2. The Morgan fingerprint density at radius 3 is 2.82 bits per heavy atom. The lowest BCUT2D eigenvalue weighted by atomic mass is 10.0. The van der Waals surface area contributed by atoms with Crippen LogP contribution in [0.1, 0.15) is 26.7 Å². The summed E-state index contributed by atoms with van der Waals surface area (Å²) in [5.41, 5.74) is 5.70. The van der Waals surface area contributed by atoms with Crippen LogP contribution in [0, 0.1) is 5.92 Å². The van der Waals surface area contributed by atoms with E-state index in [9.17, 15) is 0 Å². The molecule has 17 heavy (non-hydrogen) atoms. The van der Waals surface area contributed by atoms with Crippen LogP contribution >= 0.6 is 11.3 Å². The minimum absolute atomic E-state index is 0.340. The van der Waals surface area contributed by atoms with Gasteiger partial charge in [0.1, 0.15) is 10.6 Å². The quantitative estimate of drug-likeness (QED) is 0.855. The average molecular weight is 250 g/mol. The van der Waals surface area contributed by atoms with E-state index in [1.165, 1.54) is 12.8 Å². The van der Waals surface area contributed by atoms with Crippen molar-refractivity contribution in [1.82, 2.24) is 9.97 Å². The van der Waals surface area contributed by atoms with E-state index in [-0.39, 0.29) is 0 Å². The fourth-order valence-electron chi connectivity index (χ4n) is 1.83. The molecular weight excluding hydrogens is 232 g/mol. The number of hydrogen-bond acceptors (Lipinski definition) is 5. The minimum atomic E-state index is 0.340. The van der Waals surface area contributed by atoms with Gasteiger partial charge >= 0.3 is 0 Å². The van der Waals surface area contributed by atoms with Crippen LogP contribution in [-0.2, 0) is 0 Å². The highest BCUT2D eigenvalue weighted by atomic mass is 32.1. The van der Waals surface area contributed by atoms with E-state index < -0.39 is 0 Å². The molecule has 2 heterocycles. The van der Waals surface area contributed by atoms with Crippen LogP contribution in [0.15, 0.2) is 11.4 Å². The first kappa shape index (κ1) is 12.1. The zero-order chi connectivity index (χ0) is 12.3. The number of fused-ring (bicyclic) bond motifs is 1. The molecule has 2 aromatic rings. The highest BCUT2D eigenvalue weighted by Gasteiger charge is 2.09. The molecule has 92 valence electrons. The number of rotatable bonds is 5. The third-order valence-electron chi connectivity index (χ3n) is 3.06. The van der Waals surface area contributed by atoms with Crippen LogP contribution in [0.3, 0.4) is 0 Å². The number of hydrogen-bond donors (Lipinski definition) is 2. The average Bonchev–Trinajstić information content (AvgIpc) is 2.78. The van der Waals surface area contributed by atoms with E-state index in [1.807, 2.05) is 11.4 Å². The SMILES string of the molecule is CCC(CC)CNc1nc(N)nc2sccc12. The summed E-state index contributed by atoms with van der Waals surface area (Å²) >= 11 is 1.59. The number of nitrogens with two attached hydrogens (primary N) is 1. The number of aromatic nitrogens is 2. The Morgan fingerprint density at radius 1 is 1.35 bits per heavy atom. The summed E-state index contributed by atoms with van der Waals surface area (Å²) in [7, 11) is 0. The van der Waals surface area contributed by atoms with Crippen molar-refractivity contribution in [1.29, 1.82) is 0 Å². The molecule has 5 heteroatoms. The van der Waals surface area contributed by atoms with Crippen molar-refractivity contribution in [3.8, 4) is 0 Å². The first-order chi connectivity index (χ1) is 8.24. The molecule has 0 aliphatic rings. The van der Waals surface area contributed by atoms with Gasteiger partial charge in [0.05, 0.1) is 5.39 Å². The van der Waals surface area contributed by atoms with Gasteiger partial charge in [-0.1, -0.05) is 26.7 Å². The molecule has 4 nitrogen and oxygen atoms in total. The molecule has 0 saturated carbocycles. The molecular formula is C12H18N4S. The second-order valence-electron chi connectivity index (χ2n) is 4.13. The van der Waals surface area contributed by atoms with Gasteiger partial charge < -0.3 is 11.1 Å². The molecule has 2 aromatic heterocycles. The Kier molecular flexibility index (Phi) is 3.78. The molecule has 0 aromatic carbocycles. The van der Waals surface area contributed by atoms with Gasteiger partial charge in [-0.25, -0.2) is 4.98 Å². The molecule has 0 aliphatic heterocycles. The first-order valence-electron chi connectivity index (χ1n) is 5.99. The predicted octanol–water partition coefficient (Wildman–Crippen LogP) is 3.12. The monoisotopic (exact) mass is 250 g/mol. The van der Waals surface area contributed by atoms with E-state index in [2.05, 4.69) is 29.1 Å². The van der Waals surface area contributed by atoms with Crippen molar-refractivity contribution in [2.24, 2.45) is 5.92 Å². The van der Waals surface area contributed by atoms with Crippen molar-refractivity contribution in [3.63, 3.8) is 0 Å². The Hall–Kier alpha value is -1.36. The van der Waals surface area contributed by atoms with E-state index in [1.54, 1.807) is 11.3 Å². The second-order valence-corrected chi connectivity index (χ2v) is 5.03. The van der Waals surface area contributed by atoms with Crippen LogP contribution in [0.5, 0.6) is 0 Å². The molecule has 2 rings (SSSR count). The molecule has 0 spiro atoms. The molecule has 0 unspecified atom stereocenters. The summed E-state index contributed by atoms with van der Waals surface area (Å²) < 4.78 is 0. The van der Waals surface area contributed by atoms with Crippen LogP contribution in [-0.4, -0.2) is 16.5 Å². The molecule has 0 saturated heterocycles. The van der Waals surface area contributed by atoms with Gasteiger partial charge in [0.25, 0.3) is 0 Å². The van der Waals surface area contributed by atoms with E-state index in [0.717, 1.165) is 22.6 Å². The fourth-order valence-corrected chi connectivity index (χ4v) is 2.60. The first-order valence-corrected chi connectivity index (χ1v) is 6.87. The second kappa shape index (κ2) is 5.31. The summed E-state index contributed by atoms with van der Waals surface area (Å²) in [6, 6.07) is 2.04. The maximum absolute atomic E-state index is 5.70. The number of nitrogen functional groups attached to an aromatic ring is 1. The van der Waals surface area contributed by atoms with Crippen LogP contribution in [0.2, 0.25) is 0 Å². The highest BCUT2D eigenvalue weighted by Crippen LogP contribution is 2.26. The van der Waals surface area contributed by atoms with E-state index >= 15 is 0 Å². The maximum Gasteiger partial charge on any atom is 0.223 e. The third kappa shape index (κ3) is 2.66. The van der Waals surface area contributed by atoms with Crippen LogP contribution in [0.25, 0.3) is 10.2 Å². The van der Waals surface area contributed by atoms with Gasteiger partial charge in [0, 0.05) is 6.54 Å². The summed E-state index contributed by atoms with van der Waals surface area (Å²) in [6.45, 7) is 5.36. The Bertz CT molecular complexity index is 490. The molecule has 0 bridgehead atoms. The molecule has 3 N–H and O–H groups in total. The lowest BCUT2D eigenvalue weighted by Gasteiger charge is -2.14. The maximum atomic E-state index is 5.70. The number of nitrogens with one attached hydrogen (secondary N) is 1. The van der Waals surface area contributed by atoms with Crippen molar-refractivity contribution < 1.29 is 0 Å². The van der Waals surface area contributed by atoms with Gasteiger partial charge in [-0.2, -0.15) is 4.98 Å². The summed E-state index contributed by atoms with van der Waals surface area (Å²) in [5.74, 6) is 1.88. The van der Waals surface area contributed by atoms with Crippen LogP contribution in [0.4, 0.5) is 11.8 Å². The Balaban J connectivity index is 2.20. The van der Waals surface area contributed by atoms with Gasteiger partial charge in [-0.3, -0.25) is 0 Å². The summed E-state index contributed by atoms with van der Waals surface area (Å²) in [5, 5.41) is 6.47. The van der Waals surface area contributed by atoms with Crippen molar-refractivity contribution in [2.45, 2.75) is 26.7 Å². The molecule has 0 atom stereocenters. The molecule has 0 fully saturated rings. The largest absolute Gasteiger partial charge is 0.369 e. The molecule has 0 aliphatic carbocycles. The van der Waals surface area contributed by atoms with Crippen molar-refractivity contribution in [2.75, 3.05) is 17.6 Å². The lowest BCUT2D eigenvalue weighted by Crippen LogP contribution is -2.14. The van der Waals surface area contributed by atoms with E-state index in [0.29, 0.717) is 11.9 Å². The van der Waals surface area contributed by atoms with Gasteiger partial charge in [-0.15, -0.1) is 11.3 Å². The van der Waals surface area contributed by atoms with Crippen LogP contribution < -0.4 is 11.1 Å². The zero-order valence-corrected chi connectivity index (χ0v) is 11.0. The zero-order valence-electron chi connectivity index (χ0n) is 10.2. The fraction of sp³-hybridized carbons (Fsp3) is 0.500. The molecule has 0 radical (unpaired) electrons. The third-order valence-corrected chi connectivity index (χ3v) is 3.86. The normalized spacial score (nSPS) is 11.2. The summed E-state index contributed by atoms with van der Waals surface area (Å²) in [4.78, 5) is 9.43.